The molecular weight excluding hydrogens is 929 g/mol. The summed E-state index contributed by atoms with van der Waals surface area (Å²) in [5.74, 6) is 0. The van der Waals surface area contributed by atoms with Crippen LogP contribution in [-0.4, -0.2) is 18.3 Å². The van der Waals surface area contributed by atoms with Crippen LogP contribution >= 0.6 is 0 Å². The smallest absolute Gasteiger partial charge is 0.160 e. The van der Waals surface area contributed by atoms with E-state index < -0.39 is 0 Å². The zero-order chi connectivity index (χ0) is 50.3. The van der Waals surface area contributed by atoms with Gasteiger partial charge in [0.15, 0.2) is 5.58 Å². The number of para-hydroxylation sites is 7. The third-order valence-corrected chi connectivity index (χ3v) is 16.0. The van der Waals surface area contributed by atoms with Gasteiger partial charge in [-0.05, 0) is 78.2 Å². The number of nitrogens with zero attached hydrogens (tertiary/aromatic N) is 6. The van der Waals surface area contributed by atoms with Crippen LogP contribution in [0.5, 0.6) is 0 Å². The number of rotatable bonds is 5. The van der Waals surface area contributed by atoms with E-state index in [-0.39, 0.29) is 0 Å². The van der Waals surface area contributed by atoms with Crippen molar-refractivity contribution in [1.82, 2.24) is 18.3 Å². The van der Waals surface area contributed by atoms with Crippen molar-refractivity contribution in [2.75, 3.05) is 0 Å². The van der Waals surface area contributed by atoms with Crippen LogP contribution in [-0.2, 0) is 0 Å². The van der Waals surface area contributed by atoms with Crippen LogP contribution in [0, 0.1) is 29.6 Å². The lowest BCUT2D eigenvalue weighted by atomic mass is 9.98. The summed E-state index contributed by atoms with van der Waals surface area (Å²) in [4.78, 5) is 0. The van der Waals surface area contributed by atoms with Crippen molar-refractivity contribution in [1.29, 1.82) is 10.5 Å². The first-order valence-corrected chi connectivity index (χ1v) is 25.6. The Labute approximate surface area is 434 Å². The monoisotopic (exact) mass is 968 g/mol. The molecule has 0 radical (unpaired) electrons. The SMILES string of the molecule is Cc1ccccc1-c1ccc2c3ccc4c5ccccc5oc4c3n(-c3c(C#N)c(-n4c5ccccc5c5ccccc54)c(-n4c5ccccc5c5ccccc54)c(C#N)c3-n3c4ccccc4c4ccccc43)c2c1. The summed E-state index contributed by atoms with van der Waals surface area (Å²) in [6.45, 7) is 2.14. The minimum absolute atomic E-state index is 0.382. The molecule has 5 aromatic heterocycles. The Morgan fingerprint density at radius 1 is 0.329 bits per heavy atom. The van der Waals surface area contributed by atoms with Gasteiger partial charge in [-0.1, -0.05) is 170 Å². The Kier molecular flexibility index (Phi) is 8.67. The number of hydrogen-bond acceptors (Lipinski definition) is 3. The first-order chi connectivity index (χ1) is 37.6. The second-order valence-electron chi connectivity index (χ2n) is 19.8. The molecular formula is C69H40N6O. The zero-order valence-corrected chi connectivity index (χ0v) is 41.0. The molecule has 0 N–H and O–H groups in total. The number of fused-ring (bicyclic) bond motifs is 16. The number of furan rings is 1. The highest BCUT2D eigenvalue weighted by Crippen LogP contribution is 2.50. The number of nitriles is 2. The van der Waals surface area contributed by atoms with Crippen molar-refractivity contribution in [3.8, 4) is 46.0 Å². The van der Waals surface area contributed by atoms with Gasteiger partial charge < -0.3 is 22.7 Å². The van der Waals surface area contributed by atoms with Crippen LogP contribution in [0.15, 0.2) is 229 Å². The fraction of sp³-hybridized carbons (Fsp3) is 0.0145. The third-order valence-electron chi connectivity index (χ3n) is 16.0. The van der Waals surface area contributed by atoms with Crippen molar-refractivity contribution in [2.24, 2.45) is 0 Å². The van der Waals surface area contributed by atoms with Crippen LogP contribution in [0.2, 0.25) is 0 Å². The molecule has 0 aliphatic rings. The van der Waals surface area contributed by atoms with E-state index in [2.05, 4.69) is 244 Å². The number of hydrogen-bond donors (Lipinski definition) is 0. The molecule has 0 fully saturated rings. The molecule has 0 spiro atoms. The normalized spacial score (nSPS) is 12.0. The van der Waals surface area contributed by atoms with E-state index in [9.17, 15) is 10.5 Å². The molecule has 352 valence electrons. The average Bonchev–Trinajstić information content (AvgIpc) is 4.32. The standard InChI is InChI=1S/C69H40N6O/c1-41-18-2-3-19-43(41)42-34-35-50-52-36-37-53-51-26-10-17-33-63(51)76-69(53)68(52)75(62(50)38-42)67-55(40-71)65(73-58-29-13-6-22-46(58)47-23-7-14-30-59(47)73)64(72-56-27-11-4-20-44(56)45-21-5-12-28-57(45)72)54(39-70)66(67)74-60-31-15-8-24-48(60)49-25-9-16-32-61(49)74/h2-38H,1H3. The minimum Gasteiger partial charge on any atom is -0.454 e. The summed E-state index contributed by atoms with van der Waals surface area (Å²) in [5.41, 5.74) is 14.9. The Balaban J connectivity index is 1.24. The Bertz CT molecular complexity index is 5130. The predicted octanol–water partition coefficient (Wildman–Crippen LogP) is 17.7. The van der Waals surface area contributed by atoms with Gasteiger partial charge in [-0.25, -0.2) is 0 Å². The van der Waals surface area contributed by atoms with Crippen molar-refractivity contribution >= 4 is 109 Å². The predicted molar refractivity (Wildman–Crippen MR) is 311 cm³/mol. The summed E-state index contributed by atoms with van der Waals surface area (Å²) in [7, 11) is 0. The van der Waals surface area contributed by atoms with Gasteiger partial charge in [0, 0.05) is 53.9 Å². The number of benzene rings is 11. The zero-order valence-electron chi connectivity index (χ0n) is 41.0. The van der Waals surface area contributed by atoms with Crippen LogP contribution in [0.25, 0.3) is 143 Å². The lowest BCUT2D eigenvalue weighted by Crippen LogP contribution is -2.16. The second-order valence-corrected chi connectivity index (χ2v) is 19.8. The van der Waals surface area contributed by atoms with Crippen LogP contribution < -0.4 is 0 Å². The maximum atomic E-state index is 12.8. The van der Waals surface area contributed by atoms with E-state index in [1.54, 1.807) is 0 Å². The lowest BCUT2D eigenvalue weighted by molar-refractivity contribution is 0.671. The van der Waals surface area contributed by atoms with E-state index in [0.717, 1.165) is 120 Å². The Morgan fingerprint density at radius 3 is 1.13 bits per heavy atom. The van der Waals surface area contributed by atoms with E-state index in [1.165, 1.54) is 0 Å². The molecule has 7 nitrogen and oxygen atoms in total. The van der Waals surface area contributed by atoms with Crippen molar-refractivity contribution < 1.29 is 4.42 Å². The van der Waals surface area contributed by atoms with Crippen molar-refractivity contribution in [2.45, 2.75) is 6.92 Å². The Morgan fingerprint density at radius 2 is 0.684 bits per heavy atom. The highest BCUT2D eigenvalue weighted by molar-refractivity contribution is 6.23. The van der Waals surface area contributed by atoms with Crippen LogP contribution in [0.4, 0.5) is 0 Å². The van der Waals surface area contributed by atoms with Gasteiger partial charge in [0.05, 0.1) is 66.9 Å². The lowest BCUT2D eigenvalue weighted by Gasteiger charge is -2.27. The number of aryl methyl sites for hydroxylation is 1. The Hall–Kier alpha value is -10.6. The van der Waals surface area contributed by atoms with Crippen LogP contribution in [0.1, 0.15) is 16.7 Å². The maximum Gasteiger partial charge on any atom is 0.160 e. The van der Waals surface area contributed by atoms with Crippen molar-refractivity contribution in [3.63, 3.8) is 0 Å². The molecule has 0 aliphatic carbocycles. The first kappa shape index (κ1) is 42.0. The van der Waals surface area contributed by atoms with Gasteiger partial charge >= 0.3 is 0 Å². The third kappa shape index (κ3) is 5.52. The van der Waals surface area contributed by atoms with E-state index in [4.69, 9.17) is 4.42 Å². The fourth-order valence-electron chi connectivity index (χ4n) is 12.8. The van der Waals surface area contributed by atoms with Gasteiger partial charge in [0.2, 0.25) is 0 Å². The summed E-state index contributed by atoms with van der Waals surface area (Å²) >= 11 is 0. The van der Waals surface area contributed by atoms with E-state index in [0.29, 0.717) is 39.5 Å². The molecule has 0 aliphatic heterocycles. The highest BCUT2D eigenvalue weighted by Gasteiger charge is 2.35. The molecule has 5 heterocycles. The molecule has 0 unspecified atom stereocenters. The maximum absolute atomic E-state index is 12.8. The van der Waals surface area contributed by atoms with E-state index >= 15 is 0 Å². The molecule has 0 bridgehead atoms. The van der Waals surface area contributed by atoms with Crippen molar-refractivity contribution in [3.05, 3.63) is 241 Å². The topological polar surface area (TPSA) is 80.4 Å². The summed E-state index contributed by atoms with van der Waals surface area (Å²) < 4.78 is 16.1. The van der Waals surface area contributed by atoms with E-state index in [1.807, 2.05) is 18.2 Å². The summed E-state index contributed by atoms with van der Waals surface area (Å²) in [6, 6.07) is 84.0. The second kappa shape index (κ2) is 15.7. The number of aromatic nitrogens is 4. The van der Waals surface area contributed by atoms with Gasteiger partial charge in [-0.15, -0.1) is 0 Å². The van der Waals surface area contributed by atoms with Gasteiger partial charge in [-0.3, -0.25) is 0 Å². The average molecular weight is 969 g/mol. The quantitative estimate of drug-likeness (QED) is 0.172. The highest BCUT2D eigenvalue weighted by atomic mass is 16.3. The summed E-state index contributed by atoms with van der Waals surface area (Å²) in [5, 5.41) is 35.7. The van der Waals surface area contributed by atoms with Gasteiger partial charge in [0.25, 0.3) is 0 Å². The summed E-state index contributed by atoms with van der Waals surface area (Å²) in [6.07, 6.45) is 0. The molecule has 76 heavy (non-hydrogen) atoms. The molecule has 0 saturated carbocycles. The largest absolute Gasteiger partial charge is 0.454 e. The molecule has 16 rings (SSSR count). The molecule has 11 aromatic carbocycles. The fourth-order valence-corrected chi connectivity index (χ4v) is 12.8. The van der Waals surface area contributed by atoms with Gasteiger partial charge in [0.1, 0.15) is 28.8 Å². The molecule has 7 heteroatoms. The molecule has 16 aromatic rings. The molecule has 0 amide bonds. The molecule has 0 saturated heterocycles. The first-order valence-electron chi connectivity index (χ1n) is 25.6. The van der Waals surface area contributed by atoms with Crippen LogP contribution in [0.3, 0.4) is 0 Å². The molecule has 0 atom stereocenters. The minimum atomic E-state index is 0.382. The van der Waals surface area contributed by atoms with Gasteiger partial charge in [-0.2, -0.15) is 10.5 Å².